The van der Waals surface area contributed by atoms with Crippen LogP contribution in [0.25, 0.3) is 6.08 Å². The first-order valence-electron chi connectivity index (χ1n) is 7.49. The highest BCUT2D eigenvalue weighted by atomic mass is 16.5. The van der Waals surface area contributed by atoms with E-state index in [1.165, 1.54) is 19.3 Å². The smallest absolute Gasteiger partial charge is 0.255 e. The summed E-state index contributed by atoms with van der Waals surface area (Å²) in [5, 5.41) is 0. The highest BCUT2D eigenvalue weighted by Gasteiger charge is 2.11. The maximum absolute atomic E-state index is 12.4. The molecule has 0 aliphatic rings. The van der Waals surface area contributed by atoms with E-state index in [1.807, 2.05) is 24.3 Å². The Kier molecular flexibility index (Phi) is 6.17. The van der Waals surface area contributed by atoms with Gasteiger partial charge in [0.25, 0.3) is 5.91 Å². The molecule has 0 bridgehead atoms. The van der Waals surface area contributed by atoms with Gasteiger partial charge < -0.3 is 19.9 Å². The highest BCUT2D eigenvalue weighted by molar-refractivity contribution is 6.08. The molecular weight excluding hydrogens is 322 g/mol. The second-order valence-corrected chi connectivity index (χ2v) is 5.09. The second-order valence-electron chi connectivity index (χ2n) is 5.09. The van der Waals surface area contributed by atoms with Gasteiger partial charge in [-0.15, -0.1) is 0 Å². The van der Waals surface area contributed by atoms with Gasteiger partial charge in [0.05, 0.1) is 19.8 Å². The summed E-state index contributed by atoms with van der Waals surface area (Å²) in [7, 11) is 3.04. The van der Waals surface area contributed by atoms with Crippen molar-refractivity contribution in [1.82, 2.24) is 0 Å². The Morgan fingerprint density at radius 3 is 2.52 bits per heavy atom. The van der Waals surface area contributed by atoms with E-state index in [0.29, 0.717) is 22.8 Å². The van der Waals surface area contributed by atoms with E-state index < -0.39 is 5.91 Å². The monoisotopic (exact) mass is 341 g/mol. The molecule has 2 aromatic rings. The van der Waals surface area contributed by atoms with E-state index in [-0.39, 0.29) is 12.4 Å². The number of amides is 1. The summed E-state index contributed by atoms with van der Waals surface area (Å²) in [6.07, 6.45) is 3.15. The van der Waals surface area contributed by atoms with E-state index in [0.717, 1.165) is 5.56 Å². The average molecular weight is 341 g/mol. The van der Waals surface area contributed by atoms with Gasteiger partial charge in [-0.1, -0.05) is 18.2 Å². The molecule has 0 heterocycles. The third-order valence-electron chi connectivity index (χ3n) is 3.34. The molecule has 0 saturated heterocycles. The number of hydrogen-bond acceptors (Lipinski definition) is 5. The van der Waals surface area contributed by atoms with Crippen molar-refractivity contribution in [3.63, 3.8) is 0 Å². The third kappa shape index (κ3) is 5.10. The minimum Gasteiger partial charge on any atom is -0.497 e. The topological polar surface area (TPSA) is 87.9 Å². The predicted molar refractivity (Wildman–Crippen MR) is 94.0 cm³/mol. The lowest BCUT2D eigenvalue weighted by molar-refractivity contribution is -0.119. The molecule has 2 rings (SSSR count). The van der Waals surface area contributed by atoms with Crippen LogP contribution in [0, 0.1) is 0 Å². The normalized spacial score (nSPS) is 10.5. The molecule has 0 unspecified atom stereocenters. The Morgan fingerprint density at radius 2 is 1.84 bits per heavy atom. The van der Waals surface area contributed by atoms with E-state index >= 15 is 0 Å². The fourth-order valence-electron chi connectivity index (χ4n) is 2.13. The van der Waals surface area contributed by atoms with Crippen molar-refractivity contribution in [2.75, 3.05) is 20.8 Å². The molecule has 0 spiro atoms. The number of methoxy groups -OCH3 is 2. The molecule has 25 heavy (non-hydrogen) atoms. The Morgan fingerprint density at radius 1 is 1.04 bits per heavy atom. The van der Waals surface area contributed by atoms with Gasteiger partial charge in [0, 0.05) is 6.07 Å². The molecule has 0 aliphatic carbocycles. The lowest BCUT2D eigenvalue weighted by Crippen LogP contribution is -2.20. The van der Waals surface area contributed by atoms with Crippen molar-refractivity contribution in [3.8, 4) is 17.2 Å². The zero-order chi connectivity index (χ0) is 18.2. The summed E-state index contributed by atoms with van der Waals surface area (Å²) in [5.41, 5.74) is 6.26. The fourth-order valence-corrected chi connectivity index (χ4v) is 2.13. The van der Waals surface area contributed by atoms with Crippen molar-refractivity contribution in [2.24, 2.45) is 5.73 Å². The van der Waals surface area contributed by atoms with Crippen LogP contribution < -0.4 is 19.9 Å². The maximum Gasteiger partial charge on any atom is 0.255 e. The lowest BCUT2D eigenvalue weighted by Gasteiger charge is -2.09. The quantitative estimate of drug-likeness (QED) is 0.589. The van der Waals surface area contributed by atoms with Crippen LogP contribution in [0.4, 0.5) is 0 Å². The molecule has 0 atom stereocenters. The maximum atomic E-state index is 12.4. The van der Waals surface area contributed by atoms with E-state index in [9.17, 15) is 9.59 Å². The Labute approximate surface area is 145 Å². The van der Waals surface area contributed by atoms with Gasteiger partial charge in [0.1, 0.15) is 17.2 Å². The zero-order valence-corrected chi connectivity index (χ0v) is 14.0. The van der Waals surface area contributed by atoms with Crippen LogP contribution in [0.1, 0.15) is 15.9 Å². The Bertz CT molecular complexity index is 798. The van der Waals surface area contributed by atoms with E-state index in [4.69, 9.17) is 19.9 Å². The molecule has 2 N–H and O–H groups in total. The first kappa shape index (κ1) is 18.1. The summed E-state index contributed by atoms with van der Waals surface area (Å²) in [6, 6.07) is 12.1. The summed E-state index contributed by atoms with van der Waals surface area (Å²) in [6.45, 7) is -0.244. The Hall–Kier alpha value is -3.28. The molecule has 0 aliphatic heterocycles. The number of carbonyl (C=O) groups is 2. The molecule has 130 valence electrons. The van der Waals surface area contributed by atoms with Crippen LogP contribution in [-0.2, 0) is 4.79 Å². The summed E-state index contributed by atoms with van der Waals surface area (Å²) in [5.74, 6) is 0.649. The summed E-state index contributed by atoms with van der Waals surface area (Å²) < 4.78 is 15.6. The number of allylic oxidation sites excluding steroid dienone is 1. The number of primary amides is 1. The molecule has 6 heteroatoms. The van der Waals surface area contributed by atoms with Gasteiger partial charge >= 0.3 is 0 Å². The van der Waals surface area contributed by atoms with Crippen molar-refractivity contribution in [3.05, 3.63) is 59.7 Å². The van der Waals surface area contributed by atoms with Crippen LogP contribution in [0.15, 0.2) is 48.5 Å². The van der Waals surface area contributed by atoms with Crippen molar-refractivity contribution in [2.45, 2.75) is 0 Å². The van der Waals surface area contributed by atoms with Crippen LogP contribution in [0.2, 0.25) is 0 Å². The van der Waals surface area contributed by atoms with E-state index in [2.05, 4.69) is 0 Å². The molecule has 0 aromatic heterocycles. The van der Waals surface area contributed by atoms with Gasteiger partial charge in [-0.05, 0) is 35.9 Å². The van der Waals surface area contributed by atoms with Crippen molar-refractivity contribution in [1.29, 1.82) is 0 Å². The molecule has 0 radical (unpaired) electrons. The number of benzene rings is 2. The van der Waals surface area contributed by atoms with Crippen LogP contribution in [0.3, 0.4) is 0 Å². The number of nitrogens with two attached hydrogens (primary N) is 1. The second kappa shape index (κ2) is 8.54. The van der Waals surface area contributed by atoms with Gasteiger partial charge in [-0.25, -0.2) is 0 Å². The van der Waals surface area contributed by atoms with Crippen LogP contribution >= 0.6 is 0 Å². The van der Waals surface area contributed by atoms with Crippen molar-refractivity contribution < 1.29 is 23.8 Å². The van der Waals surface area contributed by atoms with Gasteiger partial charge in [0.15, 0.2) is 12.4 Å². The molecule has 1 amide bonds. The zero-order valence-electron chi connectivity index (χ0n) is 14.0. The molecule has 0 saturated carbocycles. The third-order valence-corrected chi connectivity index (χ3v) is 3.34. The summed E-state index contributed by atoms with van der Waals surface area (Å²) >= 11 is 0. The lowest BCUT2D eigenvalue weighted by atomic mass is 10.1. The van der Waals surface area contributed by atoms with Gasteiger partial charge in [-0.2, -0.15) is 0 Å². The average Bonchev–Trinajstić information content (AvgIpc) is 2.64. The first-order chi connectivity index (χ1) is 12.0. The number of ketones is 1. The molecular formula is C19H19NO5. The number of hydrogen-bond donors (Lipinski definition) is 1. The highest BCUT2D eigenvalue weighted by Crippen LogP contribution is 2.26. The predicted octanol–water partition coefficient (Wildman–Crippen LogP) is 2.46. The fraction of sp³-hybridized carbons (Fsp3) is 0.158. The molecule has 2 aromatic carbocycles. The van der Waals surface area contributed by atoms with Crippen LogP contribution in [0.5, 0.6) is 17.2 Å². The van der Waals surface area contributed by atoms with Gasteiger partial charge in [-0.3, -0.25) is 9.59 Å². The minimum absolute atomic E-state index is 0.221. The standard InChI is InChI=1S/C19H19NO5/c1-23-14-5-3-4-13(10-14)6-9-17(21)16-8-7-15(11-18(16)24-2)25-12-19(20)22/h3-11H,12H2,1-2H3,(H2,20,22)/b9-6+. The van der Waals surface area contributed by atoms with E-state index in [1.54, 1.807) is 25.3 Å². The summed E-state index contributed by atoms with van der Waals surface area (Å²) in [4.78, 5) is 23.2. The number of rotatable bonds is 8. The minimum atomic E-state index is -0.583. The SMILES string of the molecule is COc1cccc(/C=C/C(=O)c2ccc(OCC(N)=O)cc2OC)c1. The van der Waals surface area contributed by atoms with Gasteiger partial charge in [0.2, 0.25) is 0 Å². The number of carbonyl (C=O) groups excluding carboxylic acids is 2. The number of ether oxygens (including phenoxy) is 3. The Balaban J connectivity index is 2.17. The van der Waals surface area contributed by atoms with Crippen LogP contribution in [-0.4, -0.2) is 32.5 Å². The van der Waals surface area contributed by atoms with Crippen molar-refractivity contribution >= 4 is 17.8 Å². The first-order valence-corrected chi connectivity index (χ1v) is 7.49. The molecule has 0 fully saturated rings. The largest absolute Gasteiger partial charge is 0.497 e. The molecule has 6 nitrogen and oxygen atoms in total.